The fraction of sp³-hybridized carbons (Fsp3) is 0.406. The van der Waals surface area contributed by atoms with Crippen LogP contribution in [0.25, 0.3) is 11.1 Å². The Morgan fingerprint density at radius 2 is 1.81 bits per heavy atom. The molecule has 2 aliphatic heterocycles. The Labute approximate surface area is 253 Å². The van der Waals surface area contributed by atoms with Gasteiger partial charge in [-0.25, -0.2) is 17.9 Å². The first kappa shape index (κ1) is 30.8. The van der Waals surface area contributed by atoms with E-state index in [0.717, 1.165) is 22.4 Å². The minimum Gasteiger partial charge on any atom is -0.497 e. The van der Waals surface area contributed by atoms with Crippen LogP contribution in [0.3, 0.4) is 0 Å². The van der Waals surface area contributed by atoms with Crippen LogP contribution in [0.4, 0.5) is 10.5 Å². The van der Waals surface area contributed by atoms with E-state index in [1.54, 1.807) is 25.3 Å². The highest BCUT2D eigenvalue weighted by Gasteiger charge is 2.39. The summed E-state index contributed by atoms with van der Waals surface area (Å²) in [4.78, 5) is 17.0. The molecule has 3 aromatic rings. The molecule has 2 aliphatic rings. The molecule has 0 bridgehead atoms. The number of aliphatic hydroxyl groups is 1. The van der Waals surface area contributed by atoms with Crippen molar-refractivity contribution in [2.45, 2.75) is 30.8 Å². The van der Waals surface area contributed by atoms with E-state index in [-0.39, 0.29) is 35.2 Å². The van der Waals surface area contributed by atoms with Gasteiger partial charge >= 0.3 is 6.03 Å². The average molecular weight is 609 g/mol. The van der Waals surface area contributed by atoms with E-state index in [2.05, 4.69) is 10.0 Å². The maximum absolute atomic E-state index is 13.4. The quantitative estimate of drug-likeness (QED) is 0.412. The molecule has 0 aliphatic carbocycles. The zero-order valence-electron chi connectivity index (χ0n) is 24.9. The van der Waals surface area contributed by atoms with Crippen LogP contribution in [-0.2, 0) is 10.0 Å². The first-order valence-corrected chi connectivity index (χ1v) is 15.9. The van der Waals surface area contributed by atoms with E-state index in [1.165, 1.54) is 0 Å². The Hall–Kier alpha value is -3.64. The van der Waals surface area contributed by atoms with Crippen molar-refractivity contribution in [2.24, 2.45) is 5.41 Å². The van der Waals surface area contributed by atoms with Crippen molar-refractivity contribution in [1.82, 2.24) is 14.5 Å². The maximum atomic E-state index is 13.4. The molecule has 2 heterocycles. The molecule has 0 saturated carbocycles. The van der Waals surface area contributed by atoms with Gasteiger partial charge in [0.1, 0.15) is 16.4 Å². The van der Waals surface area contributed by atoms with E-state index in [0.29, 0.717) is 44.8 Å². The van der Waals surface area contributed by atoms with Gasteiger partial charge in [0.05, 0.1) is 19.8 Å². The molecule has 1 atom stereocenters. The number of amides is 2. The van der Waals surface area contributed by atoms with Crippen LogP contribution < -0.4 is 19.5 Å². The minimum absolute atomic E-state index is 0.0190. The third-order valence-corrected chi connectivity index (χ3v) is 9.77. The fourth-order valence-electron chi connectivity index (χ4n) is 5.84. The molecule has 1 fully saturated rings. The van der Waals surface area contributed by atoms with Crippen molar-refractivity contribution in [3.05, 3.63) is 72.3 Å². The van der Waals surface area contributed by atoms with Crippen molar-refractivity contribution in [3.8, 4) is 22.6 Å². The molecule has 11 heteroatoms. The van der Waals surface area contributed by atoms with Crippen LogP contribution in [0, 0.1) is 12.3 Å². The number of urea groups is 1. The lowest BCUT2D eigenvalue weighted by Gasteiger charge is -2.44. The Balaban J connectivity index is 1.41. The predicted octanol–water partition coefficient (Wildman–Crippen LogP) is 3.95. The summed E-state index contributed by atoms with van der Waals surface area (Å²) in [5, 5.41) is 13.7. The number of piperidine rings is 1. The van der Waals surface area contributed by atoms with Gasteiger partial charge in [-0.3, -0.25) is 0 Å². The zero-order valence-corrected chi connectivity index (χ0v) is 25.7. The smallest absolute Gasteiger partial charge is 0.321 e. The number of carbonyl (C=O) groups is 1. The third-order valence-electron chi connectivity index (χ3n) is 8.30. The number of carbonyl (C=O) groups excluding carboxylic acids is 1. The van der Waals surface area contributed by atoms with Gasteiger partial charge in [0.25, 0.3) is 0 Å². The van der Waals surface area contributed by atoms with Crippen molar-refractivity contribution in [3.63, 3.8) is 0 Å². The lowest BCUT2D eigenvalue weighted by molar-refractivity contribution is 0.0256. The second-order valence-electron chi connectivity index (χ2n) is 11.6. The summed E-state index contributed by atoms with van der Waals surface area (Å²) >= 11 is 0. The minimum atomic E-state index is -3.97. The molecule has 230 valence electrons. The highest BCUT2D eigenvalue weighted by atomic mass is 32.2. The number of hydrogen-bond donors (Lipinski definition) is 3. The number of methoxy groups -OCH3 is 1. The second kappa shape index (κ2) is 12.9. The monoisotopic (exact) mass is 608 g/mol. The normalized spacial score (nSPS) is 20.7. The van der Waals surface area contributed by atoms with Gasteiger partial charge in [-0.15, -0.1) is 0 Å². The summed E-state index contributed by atoms with van der Waals surface area (Å²) in [6.45, 7) is 4.05. The van der Waals surface area contributed by atoms with E-state index < -0.39 is 16.1 Å². The molecule has 3 aromatic carbocycles. The molecule has 1 unspecified atom stereocenters. The number of hydrogen-bond acceptors (Lipinski definition) is 7. The molecule has 1 saturated heterocycles. The number of benzene rings is 3. The molecule has 0 aromatic heterocycles. The van der Waals surface area contributed by atoms with E-state index in [4.69, 9.17) is 9.47 Å². The SMILES string of the molecule is COc1cccc(-c2ccc3c(c2)OCC2(CCN(C(=O)Nc4ccccc4C)CC2)CN(C)CC(O)CNS3(=O)=O)c1. The largest absolute Gasteiger partial charge is 0.497 e. The lowest BCUT2D eigenvalue weighted by Crippen LogP contribution is -2.52. The van der Waals surface area contributed by atoms with E-state index >= 15 is 0 Å². The summed E-state index contributed by atoms with van der Waals surface area (Å²) in [5.41, 5.74) is 3.06. The number of aliphatic hydroxyl groups excluding tert-OH is 1. The van der Waals surface area contributed by atoms with Gasteiger partial charge in [0.15, 0.2) is 0 Å². The van der Waals surface area contributed by atoms with Gasteiger partial charge in [-0.2, -0.15) is 0 Å². The first-order chi connectivity index (χ1) is 20.6. The molecule has 0 radical (unpaired) electrons. The number of likely N-dealkylation sites (tertiary alicyclic amines) is 1. The van der Waals surface area contributed by atoms with Crippen LogP contribution in [0.5, 0.6) is 11.5 Å². The highest BCUT2D eigenvalue weighted by Crippen LogP contribution is 2.37. The van der Waals surface area contributed by atoms with E-state index in [1.807, 2.05) is 72.3 Å². The van der Waals surface area contributed by atoms with Gasteiger partial charge in [-0.05, 0) is 73.8 Å². The average Bonchev–Trinajstić information content (AvgIpc) is 3.00. The standard InChI is InChI=1S/C32H40N4O6S/c1-23-7-4-5-10-28(23)34-31(38)36-15-13-32(14-16-36)21-35(2)20-26(37)19-33-43(39,40)30-12-11-25(18-29(30)42-22-32)24-8-6-9-27(17-24)41-3/h4-12,17-18,26,33,37H,13-16,19-22H2,1-3H3,(H,34,38). The molecule has 5 rings (SSSR count). The molecule has 10 nitrogen and oxygen atoms in total. The number of para-hydroxylation sites is 1. The molecule has 2 amide bonds. The summed E-state index contributed by atoms with van der Waals surface area (Å²) in [6, 6.07) is 20.1. The first-order valence-electron chi connectivity index (χ1n) is 14.5. The van der Waals surface area contributed by atoms with E-state index in [9.17, 15) is 18.3 Å². The number of fused-ring (bicyclic) bond motifs is 1. The highest BCUT2D eigenvalue weighted by molar-refractivity contribution is 7.89. The lowest BCUT2D eigenvalue weighted by atomic mass is 9.78. The Morgan fingerprint density at radius 3 is 2.56 bits per heavy atom. The Morgan fingerprint density at radius 1 is 1.07 bits per heavy atom. The van der Waals surface area contributed by atoms with Crippen molar-refractivity contribution in [2.75, 3.05) is 58.8 Å². The predicted molar refractivity (Wildman–Crippen MR) is 166 cm³/mol. The van der Waals surface area contributed by atoms with Crippen LogP contribution in [0.15, 0.2) is 71.6 Å². The second-order valence-corrected chi connectivity index (χ2v) is 13.4. The Kier molecular flexibility index (Phi) is 9.26. The number of rotatable bonds is 3. The number of anilines is 1. The number of sulfonamides is 1. The van der Waals surface area contributed by atoms with Gasteiger partial charge < -0.3 is 29.7 Å². The van der Waals surface area contributed by atoms with Gasteiger partial charge in [0.2, 0.25) is 10.0 Å². The van der Waals surface area contributed by atoms with Crippen LogP contribution in [0.2, 0.25) is 0 Å². The Bertz CT molecular complexity index is 1550. The van der Waals surface area contributed by atoms with Crippen molar-refractivity contribution in [1.29, 1.82) is 0 Å². The number of β-amino-alcohol motifs (C(OH)–C–C–N with tert-alkyl or cyclic N) is 1. The topological polar surface area (TPSA) is 120 Å². The fourth-order valence-corrected chi connectivity index (χ4v) is 7.04. The molecule has 1 spiro atoms. The maximum Gasteiger partial charge on any atom is 0.321 e. The summed E-state index contributed by atoms with van der Waals surface area (Å²) in [7, 11) is -0.454. The zero-order chi connectivity index (χ0) is 30.6. The van der Waals surface area contributed by atoms with Gasteiger partial charge in [-0.1, -0.05) is 36.4 Å². The summed E-state index contributed by atoms with van der Waals surface area (Å²) < 4.78 is 41.1. The van der Waals surface area contributed by atoms with Crippen molar-refractivity contribution < 1.29 is 27.8 Å². The van der Waals surface area contributed by atoms with Gasteiger partial charge in [0, 0.05) is 43.8 Å². The van der Waals surface area contributed by atoms with Crippen molar-refractivity contribution >= 4 is 21.7 Å². The summed E-state index contributed by atoms with van der Waals surface area (Å²) in [5.74, 6) is 0.930. The van der Waals surface area contributed by atoms with Crippen LogP contribution in [-0.4, -0.2) is 88.9 Å². The number of nitrogens with zero attached hydrogens (tertiary/aromatic N) is 2. The number of aryl methyl sites for hydroxylation is 1. The summed E-state index contributed by atoms with van der Waals surface area (Å²) in [6.07, 6.45) is 0.423. The molecular weight excluding hydrogens is 568 g/mol. The number of ether oxygens (including phenoxy) is 2. The number of likely N-dealkylation sites (N-methyl/N-ethyl adjacent to an activating group) is 1. The molecule has 43 heavy (non-hydrogen) atoms. The third kappa shape index (κ3) is 7.30. The molecule has 3 N–H and O–H groups in total. The van der Waals surface area contributed by atoms with Crippen LogP contribution in [0.1, 0.15) is 18.4 Å². The number of nitrogens with one attached hydrogen (secondary N) is 2. The van der Waals surface area contributed by atoms with Crippen LogP contribution >= 0.6 is 0 Å². The molecular formula is C32H40N4O6S.